The molecular formula is C30H37N5O4. The Bertz CT molecular complexity index is 1250. The molecule has 0 radical (unpaired) electrons. The minimum Gasteiger partial charge on any atom is -0.493 e. The van der Waals surface area contributed by atoms with E-state index in [-0.39, 0.29) is 11.8 Å². The fraction of sp³-hybridized carbons (Fsp3) is 0.433. The molecule has 3 heterocycles. The summed E-state index contributed by atoms with van der Waals surface area (Å²) in [6, 6.07) is 15.9. The monoisotopic (exact) mass is 531 g/mol. The lowest BCUT2D eigenvalue weighted by molar-refractivity contribution is -0.139. The summed E-state index contributed by atoms with van der Waals surface area (Å²) in [7, 11) is 3.20. The molecule has 2 aliphatic heterocycles. The van der Waals surface area contributed by atoms with Gasteiger partial charge in [0, 0.05) is 44.8 Å². The Morgan fingerprint density at radius 1 is 1.00 bits per heavy atom. The molecule has 2 saturated heterocycles. The summed E-state index contributed by atoms with van der Waals surface area (Å²) in [5.41, 5.74) is 2.01. The van der Waals surface area contributed by atoms with Crippen molar-refractivity contribution in [3.05, 3.63) is 66.1 Å². The summed E-state index contributed by atoms with van der Waals surface area (Å²) in [6.45, 7) is 6.45. The third-order valence-corrected chi connectivity index (χ3v) is 7.48. The smallest absolute Gasteiger partial charge is 0.241 e. The van der Waals surface area contributed by atoms with Crippen LogP contribution in [0, 0.1) is 5.92 Å². The van der Waals surface area contributed by atoms with Crippen molar-refractivity contribution in [3.8, 4) is 22.9 Å². The van der Waals surface area contributed by atoms with Gasteiger partial charge in [0.25, 0.3) is 0 Å². The third kappa shape index (κ3) is 6.85. The molecule has 0 N–H and O–H groups in total. The van der Waals surface area contributed by atoms with Crippen molar-refractivity contribution in [1.82, 2.24) is 24.8 Å². The number of ether oxygens (including phenoxy) is 2. The first-order valence-electron chi connectivity index (χ1n) is 13.6. The number of carbonyl (C=O) groups is 1. The van der Waals surface area contributed by atoms with Crippen LogP contribution in [0.4, 0.5) is 0 Å². The number of methoxy groups -OCH3 is 2. The number of hydrogen-bond donors (Lipinski definition) is 0. The Labute approximate surface area is 230 Å². The molecule has 206 valence electrons. The number of piperazine rings is 1. The lowest BCUT2D eigenvalue weighted by atomic mass is 9.96. The highest BCUT2D eigenvalue weighted by atomic mass is 16.5. The minimum atomic E-state index is 0.0107. The average molecular weight is 532 g/mol. The molecule has 2 aromatic carbocycles. The summed E-state index contributed by atoms with van der Waals surface area (Å²) in [5.74, 6) is 2.60. The van der Waals surface area contributed by atoms with E-state index in [9.17, 15) is 4.79 Å². The lowest BCUT2D eigenvalue weighted by Crippen LogP contribution is -2.52. The van der Waals surface area contributed by atoms with Gasteiger partial charge in [-0.2, -0.15) is 4.98 Å². The van der Waals surface area contributed by atoms with Gasteiger partial charge in [0.05, 0.1) is 26.7 Å². The molecule has 9 heteroatoms. The van der Waals surface area contributed by atoms with E-state index in [0.29, 0.717) is 36.3 Å². The van der Waals surface area contributed by atoms with Gasteiger partial charge < -0.3 is 18.9 Å². The van der Waals surface area contributed by atoms with Crippen molar-refractivity contribution in [2.75, 3.05) is 60.0 Å². The molecular weight excluding hydrogens is 494 g/mol. The van der Waals surface area contributed by atoms with E-state index >= 15 is 0 Å². The van der Waals surface area contributed by atoms with E-state index < -0.39 is 0 Å². The number of rotatable bonds is 9. The van der Waals surface area contributed by atoms with Gasteiger partial charge in [-0.25, -0.2) is 0 Å². The van der Waals surface area contributed by atoms with Gasteiger partial charge in [0.2, 0.25) is 17.6 Å². The maximum atomic E-state index is 13.4. The summed E-state index contributed by atoms with van der Waals surface area (Å²) in [4.78, 5) is 24.7. The topological polar surface area (TPSA) is 84.2 Å². The van der Waals surface area contributed by atoms with Crippen LogP contribution in [0.25, 0.3) is 17.5 Å². The zero-order chi connectivity index (χ0) is 27.0. The Balaban J connectivity index is 1.10. The molecule has 0 saturated carbocycles. The SMILES string of the molecule is COc1ccc(-c2noc(CN3CCCC(C(=O)N4CCN(C/C=C/c5ccccc5)CC4)C3)n2)cc1OC. The summed E-state index contributed by atoms with van der Waals surface area (Å²) < 4.78 is 16.3. The molecule has 1 aromatic heterocycles. The number of likely N-dealkylation sites (tertiary alicyclic amines) is 1. The molecule has 3 aromatic rings. The van der Waals surface area contributed by atoms with Crippen molar-refractivity contribution in [2.45, 2.75) is 19.4 Å². The Kier molecular flexibility index (Phi) is 8.90. The maximum absolute atomic E-state index is 13.4. The van der Waals surface area contributed by atoms with E-state index in [4.69, 9.17) is 14.0 Å². The van der Waals surface area contributed by atoms with Crippen LogP contribution >= 0.6 is 0 Å². The number of nitrogens with zero attached hydrogens (tertiary/aromatic N) is 5. The number of benzene rings is 2. The standard InChI is InChI=1S/C30H37N5O4/c1-37-26-13-12-24(20-27(26)38-2)29-31-28(39-32-29)22-34-15-7-11-25(21-34)30(36)35-18-16-33(17-19-35)14-6-10-23-8-4-3-5-9-23/h3-6,8-10,12-13,20,25H,7,11,14-19,21-22H2,1-2H3/b10-6+. The second kappa shape index (κ2) is 12.9. The van der Waals surface area contributed by atoms with E-state index in [2.05, 4.69) is 56.4 Å². The molecule has 5 rings (SSSR count). The molecule has 1 unspecified atom stereocenters. The van der Waals surface area contributed by atoms with Crippen LogP contribution < -0.4 is 9.47 Å². The van der Waals surface area contributed by atoms with Crippen molar-refractivity contribution in [2.24, 2.45) is 5.92 Å². The summed E-state index contributed by atoms with van der Waals surface area (Å²) in [6.07, 6.45) is 6.28. The molecule has 2 aliphatic rings. The van der Waals surface area contributed by atoms with Gasteiger partial charge in [-0.15, -0.1) is 0 Å². The maximum Gasteiger partial charge on any atom is 0.241 e. The second-order valence-corrected chi connectivity index (χ2v) is 10.1. The van der Waals surface area contributed by atoms with Crippen molar-refractivity contribution in [3.63, 3.8) is 0 Å². The first-order chi connectivity index (χ1) is 19.1. The van der Waals surface area contributed by atoms with E-state index in [1.54, 1.807) is 14.2 Å². The van der Waals surface area contributed by atoms with Gasteiger partial charge in [0.15, 0.2) is 11.5 Å². The Morgan fingerprint density at radius 3 is 2.56 bits per heavy atom. The van der Waals surface area contributed by atoms with Crippen LogP contribution in [0.5, 0.6) is 11.5 Å². The summed E-state index contributed by atoms with van der Waals surface area (Å²) >= 11 is 0. The van der Waals surface area contributed by atoms with Gasteiger partial charge in [-0.3, -0.25) is 14.6 Å². The first kappa shape index (κ1) is 26.9. The van der Waals surface area contributed by atoms with Crippen LogP contribution in [-0.4, -0.2) is 90.8 Å². The normalized spacial score (nSPS) is 18.9. The van der Waals surface area contributed by atoms with Crippen LogP contribution in [-0.2, 0) is 11.3 Å². The van der Waals surface area contributed by atoms with Crippen LogP contribution in [0.3, 0.4) is 0 Å². The fourth-order valence-electron chi connectivity index (χ4n) is 5.31. The highest BCUT2D eigenvalue weighted by molar-refractivity contribution is 5.79. The van der Waals surface area contributed by atoms with Gasteiger partial charge in [-0.05, 0) is 43.1 Å². The zero-order valence-corrected chi connectivity index (χ0v) is 22.8. The number of amides is 1. The second-order valence-electron chi connectivity index (χ2n) is 10.1. The first-order valence-corrected chi connectivity index (χ1v) is 13.6. The van der Waals surface area contributed by atoms with Crippen molar-refractivity contribution >= 4 is 12.0 Å². The van der Waals surface area contributed by atoms with E-state index in [1.165, 1.54) is 5.56 Å². The Morgan fingerprint density at radius 2 is 1.79 bits per heavy atom. The third-order valence-electron chi connectivity index (χ3n) is 7.48. The van der Waals surface area contributed by atoms with Gasteiger partial charge in [-0.1, -0.05) is 47.6 Å². The fourth-order valence-corrected chi connectivity index (χ4v) is 5.31. The van der Waals surface area contributed by atoms with Crippen LogP contribution in [0.2, 0.25) is 0 Å². The number of carbonyl (C=O) groups excluding carboxylic acids is 1. The molecule has 9 nitrogen and oxygen atoms in total. The Hall–Kier alpha value is -3.69. The largest absolute Gasteiger partial charge is 0.493 e. The predicted molar refractivity (Wildman–Crippen MR) is 149 cm³/mol. The molecule has 1 amide bonds. The molecule has 0 aliphatic carbocycles. The number of piperidine rings is 1. The quantitative estimate of drug-likeness (QED) is 0.412. The van der Waals surface area contributed by atoms with Gasteiger partial charge in [0.1, 0.15) is 0 Å². The molecule has 1 atom stereocenters. The molecule has 0 spiro atoms. The highest BCUT2D eigenvalue weighted by Crippen LogP contribution is 2.31. The molecule has 0 bridgehead atoms. The van der Waals surface area contributed by atoms with Crippen LogP contribution in [0.1, 0.15) is 24.3 Å². The highest BCUT2D eigenvalue weighted by Gasteiger charge is 2.31. The summed E-state index contributed by atoms with van der Waals surface area (Å²) in [5, 5.41) is 4.16. The van der Waals surface area contributed by atoms with Crippen LogP contribution in [0.15, 0.2) is 59.1 Å². The molecule has 39 heavy (non-hydrogen) atoms. The van der Waals surface area contributed by atoms with Crippen molar-refractivity contribution < 1.29 is 18.8 Å². The number of hydrogen-bond acceptors (Lipinski definition) is 8. The molecule has 2 fully saturated rings. The number of aromatic nitrogens is 2. The van der Waals surface area contributed by atoms with Crippen molar-refractivity contribution in [1.29, 1.82) is 0 Å². The zero-order valence-electron chi connectivity index (χ0n) is 22.8. The minimum absolute atomic E-state index is 0.0107. The lowest BCUT2D eigenvalue weighted by Gasteiger charge is -2.38. The van der Waals surface area contributed by atoms with E-state index in [1.807, 2.05) is 29.2 Å². The average Bonchev–Trinajstić information content (AvgIpc) is 3.46. The van der Waals surface area contributed by atoms with E-state index in [0.717, 1.165) is 57.7 Å². The predicted octanol–water partition coefficient (Wildman–Crippen LogP) is 3.82. The van der Waals surface area contributed by atoms with Gasteiger partial charge >= 0.3 is 0 Å².